The van der Waals surface area contributed by atoms with Gasteiger partial charge in [0.15, 0.2) is 11.5 Å². The van der Waals surface area contributed by atoms with Gasteiger partial charge in [0.1, 0.15) is 0 Å². The van der Waals surface area contributed by atoms with E-state index in [9.17, 15) is 14.4 Å². The lowest BCUT2D eigenvalue weighted by Crippen LogP contribution is -2.40. The maximum atomic E-state index is 13.9. The lowest BCUT2D eigenvalue weighted by Gasteiger charge is -2.18. The van der Waals surface area contributed by atoms with Crippen molar-refractivity contribution in [3.05, 3.63) is 103 Å². The number of aryl methyl sites for hydroxylation is 2. The monoisotopic (exact) mass is 543 g/mol. The summed E-state index contributed by atoms with van der Waals surface area (Å²) >= 11 is 0. The molecule has 8 heteroatoms. The van der Waals surface area contributed by atoms with Crippen molar-refractivity contribution in [1.82, 2.24) is 14.0 Å². The SMILES string of the molecule is CCCCN(C)C(=O)c1ccc(Cn2c(=O)c3cc(OC)c(OC)cc3n(Cc3cc(C)ccc3C)c2=O)cc1. The van der Waals surface area contributed by atoms with Crippen LogP contribution >= 0.6 is 0 Å². The Hall–Kier alpha value is -4.33. The second kappa shape index (κ2) is 12.2. The molecule has 4 rings (SSSR count). The molecule has 0 unspecified atom stereocenters. The fourth-order valence-electron chi connectivity index (χ4n) is 4.83. The molecule has 3 aromatic carbocycles. The Labute approximate surface area is 234 Å². The minimum Gasteiger partial charge on any atom is -0.493 e. The zero-order valence-electron chi connectivity index (χ0n) is 24.1. The minimum atomic E-state index is -0.426. The van der Waals surface area contributed by atoms with Gasteiger partial charge in [0, 0.05) is 25.2 Å². The van der Waals surface area contributed by atoms with E-state index in [0.29, 0.717) is 34.5 Å². The maximum absolute atomic E-state index is 13.9. The van der Waals surface area contributed by atoms with Crippen LogP contribution in [0.3, 0.4) is 0 Å². The van der Waals surface area contributed by atoms with Gasteiger partial charge in [0.25, 0.3) is 11.5 Å². The molecule has 0 saturated heterocycles. The molecule has 1 amide bonds. The highest BCUT2D eigenvalue weighted by Crippen LogP contribution is 2.31. The van der Waals surface area contributed by atoms with E-state index in [4.69, 9.17) is 9.47 Å². The van der Waals surface area contributed by atoms with E-state index in [1.807, 2.05) is 26.0 Å². The molecule has 0 aliphatic rings. The topological polar surface area (TPSA) is 82.8 Å². The van der Waals surface area contributed by atoms with Gasteiger partial charge >= 0.3 is 5.69 Å². The standard InChI is InChI=1S/C32H37N3O5/c1-7-8-15-33(4)30(36)24-13-11-23(12-14-24)19-35-31(37)26-17-28(39-5)29(40-6)18-27(26)34(32(35)38)20-25-16-21(2)9-10-22(25)3/h9-14,16-18H,7-8,15,19-20H2,1-6H3. The van der Waals surface area contributed by atoms with E-state index in [0.717, 1.165) is 35.1 Å². The summed E-state index contributed by atoms with van der Waals surface area (Å²) in [6, 6.07) is 16.5. The van der Waals surface area contributed by atoms with E-state index < -0.39 is 11.2 Å². The molecule has 0 saturated carbocycles. The Kier molecular flexibility index (Phi) is 8.77. The molecule has 0 fully saturated rings. The highest BCUT2D eigenvalue weighted by molar-refractivity contribution is 5.94. The zero-order valence-corrected chi connectivity index (χ0v) is 24.1. The number of nitrogens with zero attached hydrogens (tertiary/aromatic N) is 3. The normalized spacial score (nSPS) is 11.1. The number of aromatic nitrogens is 2. The van der Waals surface area contributed by atoms with Crippen LogP contribution in [0, 0.1) is 13.8 Å². The zero-order chi connectivity index (χ0) is 29.0. The van der Waals surface area contributed by atoms with Crippen molar-refractivity contribution in [2.24, 2.45) is 0 Å². The molecule has 8 nitrogen and oxygen atoms in total. The van der Waals surface area contributed by atoms with Crippen molar-refractivity contribution >= 4 is 16.8 Å². The van der Waals surface area contributed by atoms with E-state index >= 15 is 0 Å². The predicted octanol–water partition coefficient (Wildman–Crippen LogP) is 4.77. The van der Waals surface area contributed by atoms with Gasteiger partial charge in [-0.3, -0.25) is 18.7 Å². The molecule has 40 heavy (non-hydrogen) atoms. The number of ether oxygens (including phenoxy) is 2. The van der Waals surface area contributed by atoms with Crippen LogP contribution in [0.4, 0.5) is 0 Å². The van der Waals surface area contributed by atoms with Crippen molar-refractivity contribution in [2.75, 3.05) is 27.8 Å². The lowest BCUT2D eigenvalue weighted by molar-refractivity contribution is 0.0793. The fraction of sp³-hybridized carbons (Fsp3) is 0.344. The summed E-state index contributed by atoms with van der Waals surface area (Å²) in [6.07, 6.45) is 1.95. The summed E-state index contributed by atoms with van der Waals surface area (Å²) in [4.78, 5) is 42.1. The van der Waals surface area contributed by atoms with Gasteiger partial charge in [-0.2, -0.15) is 0 Å². The molecule has 0 radical (unpaired) electrons. The minimum absolute atomic E-state index is 0.0557. The largest absolute Gasteiger partial charge is 0.493 e. The number of hydrogen-bond acceptors (Lipinski definition) is 5. The van der Waals surface area contributed by atoms with Crippen molar-refractivity contribution in [3.63, 3.8) is 0 Å². The van der Waals surface area contributed by atoms with Crippen LogP contribution in [0.1, 0.15) is 52.4 Å². The van der Waals surface area contributed by atoms with Gasteiger partial charge in [-0.15, -0.1) is 0 Å². The molecule has 1 aromatic heterocycles. The number of carbonyl (C=O) groups is 1. The quantitative estimate of drug-likeness (QED) is 0.288. The van der Waals surface area contributed by atoms with E-state index in [1.165, 1.54) is 18.8 Å². The summed E-state index contributed by atoms with van der Waals surface area (Å²) in [7, 11) is 4.83. The summed E-state index contributed by atoms with van der Waals surface area (Å²) in [6.45, 7) is 7.14. The van der Waals surface area contributed by atoms with Crippen molar-refractivity contribution in [3.8, 4) is 11.5 Å². The highest BCUT2D eigenvalue weighted by Gasteiger charge is 2.19. The lowest BCUT2D eigenvalue weighted by atomic mass is 10.1. The first-order valence-corrected chi connectivity index (χ1v) is 13.5. The average Bonchev–Trinajstić information content (AvgIpc) is 2.97. The van der Waals surface area contributed by atoms with Gasteiger partial charge in [-0.1, -0.05) is 49.2 Å². The summed E-state index contributed by atoms with van der Waals surface area (Å²) in [5, 5.41) is 0.354. The van der Waals surface area contributed by atoms with Gasteiger partial charge < -0.3 is 14.4 Å². The van der Waals surface area contributed by atoms with Gasteiger partial charge in [0.2, 0.25) is 0 Å². The van der Waals surface area contributed by atoms with Crippen LogP contribution in [0.15, 0.2) is 64.2 Å². The summed E-state index contributed by atoms with van der Waals surface area (Å²) in [5.74, 6) is 0.788. The molecule has 4 aromatic rings. The number of amides is 1. The number of unbranched alkanes of at least 4 members (excludes halogenated alkanes) is 1. The molecular weight excluding hydrogens is 506 g/mol. The van der Waals surface area contributed by atoms with Gasteiger partial charge in [-0.05, 0) is 55.2 Å². The number of fused-ring (bicyclic) bond motifs is 1. The van der Waals surface area contributed by atoms with Crippen molar-refractivity contribution < 1.29 is 14.3 Å². The molecule has 0 N–H and O–H groups in total. The van der Waals surface area contributed by atoms with Crippen molar-refractivity contribution in [2.45, 2.75) is 46.7 Å². The first-order chi connectivity index (χ1) is 19.2. The third-order valence-corrected chi connectivity index (χ3v) is 7.30. The van der Waals surface area contributed by atoms with Gasteiger partial charge in [0.05, 0.1) is 38.2 Å². The van der Waals surface area contributed by atoms with Crippen LogP contribution < -0.4 is 20.7 Å². The first kappa shape index (κ1) is 28.7. The number of benzene rings is 3. The molecule has 0 atom stereocenters. The predicted molar refractivity (Wildman–Crippen MR) is 158 cm³/mol. The molecule has 0 spiro atoms. The second-order valence-corrected chi connectivity index (χ2v) is 10.2. The molecule has 0 aliphatic heterocycles. The maximum Gasteiger partial charge on any atom is 0.332 e. The first-order valence-electron chi connectivity index (χ1n) is 13.5. The van der Waals surface area contributed by atoms with Crippen LogP contribution in [0.5, 0.6) is 11.5 Å². The third kappa shape index (κ3) is 5.81. The van der Waals surface area contributed by atoms with Crippen LogP contribution in [-0.2, 0) is 13.1 Å². The Morgan fingerprint density at radius 2 is 1.55 bits per heavy atom. The summed E-state index contributed by atoms with van der Waals surface area (Å²) in [5.41, 5.74) is 4.05. The summed E-state index contributed by atoms with van der Waals surface area (Å²) < 4.78 is 13.8. The van der Waals surface area contributed by atoms with E-state index in [-0.39, 0.29) is 19.0 Å². The van der Waals surface area contributed by atoms with Gasteiger partial charge in [-0.25, -0.2) is 4.79 Å². The van der Waals surface area contributed by atoms with E-state index in [1.54, 1.807) is 52.9 Å². The molecule has 1 heterocycles. The Morgan fingerprint density at radius 1 is 0.875 bits per heavy atom. The molecule has 210 valence electrons. The van der Waals surface area contributed by atoms with Crippen LogP contribution in [0.25, 0.3) is 10.9 Å². The Balaban J connectivity index is 1.81. The molecule has 0 aliphatic carbocycles. The average molecular weight is 544 g/mol. The smallest absolute Gasteiger partial charge is 0.332 e. The third-order valence-electron chi connectivity index (χ3n) is 7.30. The van der Waals surface area contributed by atoms with Crippen LogP contribution in [0.2, 0.25) is 0 Å². The second-order valence-electron chi connectivity index (χ2n) is 10.2. The number of hydrogen-bond donors (Lipinski definition) is 0. The molecule has 0 bridgehead atoms. The molecular formula is C32H37N3O5. The number of carbonyl (C=O) groups excluding carboxylic acids is 1. The Morgan fingerprint density at radius 3 is 2.20 bits per heavy atom. The van der Waals surface area contributed by atoms with E-state index in [2.05, 4.69) is 13.0 Å². The Bertz CT molecular complexity index is 1650. The van der Waals surface area contributed by atoms with Crippen molar-refractivity contribution in [1.29, 1.82) is 0 Å². The highest BCUT2D eigenvalue weighted by atomic mass is 16.5. The fourth-order valence-corrected chi connectivity index (χ4v) is 4.83. The number of rotatable bonds is 10. The number of methoxy groups -OCH3 is 2. The van der Waals surface area contributed by atoms with Crippen LogP contribution in [-0.4, -0.2) is 47.8 Å².